The zero-order chi connectivity index (χ0) is 9.68. The molecular formula is C11H14N2. The molecule has 0 spiro atoms. The Balaban J connectivity index is 2.47. The van der Waals surface area contributed by atoms with Crippen LogP contribution in [0.5, 0.6) is 0 Å². The molecule has 0 aromatic carbocycles. The lowest BCUT2D eigenvalue weighted by atomic mass is 10.2. The standard InChI is InChI=1S/C11H14N2/c1-4-10(3)12-8-11-6-5-9(2)7-13-11/h1,5-7,10,12H,8H2,2-3H3. The molecule has 1 aromatic rings. The van der Waals surface area contributed by atoms with Gasteiger partial charge < -0.3 is 0 Å². The molecule has 0 fully saturated rings. The first-order chi connectivity index (χ1) is 6.22. The smallest absolute Gasteiger partial charge is 0.0661 e. The van der Waals surface area contributed by atoms with Crippen LogP contribution in [0.25, 0.3) is 0 Å². The summed E-state index contributed by atoms with van der Waals surface area (Å²) in [4.78, 5) is 4.25. The number of pyridine rings is 1. The third kappa shape index (κ3) is 3.27. The Morgan fingerprint density at radius 2 is 2.38 bits per heavy atom. The maximum atomic E-state index is 5.23. The Morgan fingerprint density at radius 1 is 1.62 bits per heavy atom. The van der Waals surface area contributed by atoms with Crippen molar-refractivity contribution in [3.05, 3.63) is 29.6 Å². The Labute approximate surface area is 79.4 Å². The van der Waals surface area contributed by atoms with Gasteiger partial charge in [0.25, 0.3) is 0 Å². The SMILES string of the molecule is C#CC(C)NCc1ccc(C)cn1. The van der Waals surface area contributed by atoms with Crippen LogP contribution in [0.4, 0.5) is 0 Å². The van der Waals surface area contributed by atoms with Gasteiger partial charge in [0.1, 0.15) is 0 Å². The molecule has 0 aliphatic rings. The summed E-state index contributed by atoms with van der Waals surface area (Å²) in [6, 6.07) is 4.15. The zero-order valence-corrected chi connectivity index (χ0v) is 8.04. The van der Waals surface area contributed by atoms with Gasteiger partial charge in [0.15, 0.2) is 0 Å². The highest BCUT2D eigenvalue weighted by Gasteiger charge is 1.96. The van der Waals surface area contributed by atoms with E-state index < -0.39 is 0 Å². The first kappa shape index (κ1) is 9.76. The maximum Gasteiger partial charge on any atom is 0.0661 e. The quantitative estimate of drug-likeness (QED) is 0.702. The van der Waals surface area contributed by atoms with Gasteiger partial charge in [-0.1, -0.05) is 12.0 Å². The molecule has 1 rings (SSSR count). The van der Waals surface area contributed by atoms with Gasteiger partial charge in [0, 0.05) is 12.7 Å². The molecule has 2 nitrogen and oxygen atoms in total. The molecule has 0 aliphatic carbocycles. The largest absolute Gasteiger partial charge is 0.298 e. The van der Waals surface area contributed by atoms with E-state index in [1.807, 2.05) is 32.2 Å². The summed E-state index contributed by atoms with van der Waals surface area (Å²) in [6.07, 6.45) is 7.09. The number of terminal acetylenes is 1. The molecule has 1 aromatic heterocycles. The number of hydrogen-bond acceptors (Lipinski definition) is 2. The van der Waals surface area contributed by atoms with Crippen LogP contribution in [0.2, 0.25) is 0 Å². The number of rotatable bonds is 3. The summed E-state index contributed by atoms with van der Waals surface area (Å²) in [5.74, 6) is 2.61. The average molecular weight is 174 g/mol. The fourth-order valence-electron chi connectivity index (χ4n) is 0.920. The van der Waals surface area contributed by atoms with Gasteiger partial charge in [-0.15, -0.1) is 6.42 Å². The maximum absolute atomic E-state index is 5.23. The van der Waals surface area contributed by atoms with Gasteiger partial charge >= 0.3 is 0 Å². The van der Waals surface area contributed by atoms with Crippen LogP contribution >= 0.6 is 0 Å². The number of nitrogens with zero attached hydrogens (tertiary/aromatic N) is 1. The lowest BCUT2D eigenvalue weighted by molar-refractivity contribution is 0.637. The van der Waals surface area contributed by atoms with E-state index in [0.29, 0.717) is 0 Å². The molecule has 0 aliphatic heterocycles. The van der Waals surface area contributed by atoms with E-state index in [4.69, 9.17) is 6.42 Å². The Hall–Kier alpha value is -1.33. The molecule has 13 heavy (non-hydrogen) atoms. The summed E-state index contributed by atoms with van der Waals surface area (Å²) >= 11 is 0. The van der Waals surface area contributed by atoms with Gasteiger partial charge in [-0.3, -0.25) is 10.3 Å². The van der Waals surface area contributed by atoms with Crippen LogP contribution in [-0.2, 0) is 6.54 Å². The highest BCUT2D eigenvalue weighted by atomic mass is 14.9. The van der Waals surface area contributed by atoms with Crippen molar-refractivity contribution in [1.82, 2.24) is 10.3 Å². The van der Waals surface area contributed by atoms with Crippen LogP contribution in [0.1, 0.15) is 18.2 Å². The van der Waals surface area contributed by atoms with Crippen molar-refractivity contribution in [1.29, 1.82) is 0 Å². The molecule has 1 atom stereocenters. The molecule has 0 bridgehead atoms. The van der Waals surface area contributed by atoms with Gasteiger partial charge in [-0.05, 0) is 25.5 Å². The second kappa shape index (κ2) is 4.64. The summed E-state index contributed by atoms with van der Waals surface area (Å²) in [5.41, 5.74) is 2.20. The first-order valence-corrected chi connectivity index (χ1v) is 4.33. The Morgan fingerprint density at radius 3 is 2.92 bits per heavy atom. The number of aromatic nitrogens is 1. The third-order valence-electron chi connectivity index (χ3n) is 1.81. The average Bonchev–Trinajstić information content (AvgIpc) is 2.16. The van der Waals surface area contributed by atoms with Gasteiger partial charge in [0.05, 0.1) is 11.7 Å². The summed E-state index contributed by atoms with van der Waals surface area (Å²) < 4.78 is 0. The molecule has 68 valence electrons. The summed E-state index contributed by atoms with van der Waals surface area (Å²) in [7, 11) is 0. The van der Waals surface area contributed by atoms with E-state index in [1.165, 1.54) is 5.56 Å². The molecule has 0 amide bonds. The van der Waals surface area contributed by atoms with E-state index in [9.17, 15) is 0 Å². The van der Waals surface area contributed by atoms with E-state index in [1.54, 1.807) is 0 Å². The molecule has 0 saturated carbocycles. The van der Waals surface area contributed by atoms with E-state index >= 15 is 0 Å². The first-order valence-electron chi connectivity index (χ1n) is 4.33. The Bertz CT molecular complexity index is 295. The van der Waals surface area contributed by atoms with Crippen LogP contribution in [0.15, 0.2) is 18.3 Å². The monoisotopic (exact) mass is 174 g/mol. The summed E-state index contributed by atoms with van der Waals surface area (Å²) in [5, 5.41) is 3.17. The van der Waals surface area contributed by atoms with Crippen molar-refractivity contribution in [3.8, 4) is 12.3 Å². The molecular weight excluding hydrogens is 160 g/mol. The fraction of sp³-hybridized carbons (Fsp3) is 0.364. The molecule has 0 radical (unpaired) electrons. The van der Waals surface area contributed by atoms with Crippen LogP contribution in [0, 0.1) is 19.3 Å². The Kier molecular flexibility index (Phi) is 3.48. The highest BCUT2D eigenvalue weighted by Crippen LogP contribution is 1.98. The summed E-state index contributed by atoms with van der Waals surface area (Å²) in [6.45, 7) is 4.70. The number of nitrogens with one attached hydrogen (secondary N) is 1. The topological polar surface area (TPSA) is 24.9 Å². The second-order valence-electron chi connectivity index (χ2n) is 3.10. The lowest BCUT2D eigenvalue weighted by Gasteiger charge is -2.06. The second-order valence-corrected chi connectivity index (χ2v) is 3.10. The normalized spacial score (nSPS) is 12.1. The van der Waals surface area contributed by atoms with Crippen LogP contribution < -0.4 is 5.32 Å². The molecule has 1 N–H and O–H groups in total. The number of hydrogen-bond donors (Lipinski definition) is 1. The number of aryl methyl sites for hydroxylation is 1. The van der Waals surface area contributed by atoms with Crippen molar-refractivity contribution < 1.29 is 0 Å². The van der Waals surface area contributed by atoms with Crippen LogP contribution in [-0.4, -0.2) is 11.0 Å². The predicted molar refractivity (Wildman–Crippen MR) is 54.1 cm³/mol. The van der Waals surface area contributed by atoms with Crippen molar-refractivity contribution in [2.45, 2.75) is 26.4 Å². The minimum absolute atomic E-state index is 0.100. The van der Waals surface area contributed by atoms with Crippen molar-refractivity contribution in [2.24, 2.45) is 0 Å². The molecule has 1 unspecified atom stereocenters. The van der Waals surface area contributed by atoms with E-state index in [2.05, 4.69) is 16.2 Å². The third-order valence-corrected chi connectivity index (χ3v) is 1.81. The van der Waals surface area contributed by atoms with Gasteiger partial charge in [-0.2, -0.15) is 0 Å². The highest BCUT2D eigenvalue weighted by molar-refractivity contribution is 5.12. The minimum Gasteiger partial charge on any atom is -0.298 e. The van der Waals surface area contributed by atoms with E-state index in [0.717, 1.165) is 12.2 Å². The predicted octanol–water partition coefficient (Wildman–Crippen LogP) is 1.50. The lowest BCUT2D eigenvalue weighted by Crippen LogP contribution is -2.23. The molecule has 1 heterocycles. The fourth-order valence-corrected chi connectivity index (χ4v) is 0.920. The molecule has 0 saturated heterocycles. The minimum atomic E-state index is 0.100. The van der Waals surface area contributed by atoms with Crippen LogP contribution in [0.3, 0.4) is 0 Å². The van der Waals surface area contributed by atoms with Gasteiger partial charge in [0.2, 0.25) is 0 Å². The molecule has 2 heteroatoms. The van der Waals surface area contributed by atoms with Crippen molar-refractivity contribution in [3.63, 3.8) is 0 Å². The zero-order valence-electron chi connectivity index (χ0n) is 8.04. The van der Waals surface area contributed by atoms with E-state index in [-0.39, 0.29) is 6.04 Å². The van der Waals surface area contributed by atoms with Crippen molar-refractivity contribution in [2.75, 3.05) is 0 Å². The van der Waals surface area contributed by atoms with Crippen molar-refractivity contribution >= 4 is 0 Å². The van der Waals surface area contributed by atoms with Gasteiger partial charge in [-0.25, -0.2) is 0 Å².